The summed E-state index contributed by atoms with van der Waals surface area (Å²) in [7, 11) is 6.66. The number of rotatable bonds is 7. The van der Waals surface area contributed by atoms with E-state index in [4.69, 9.17) is 9.47 Å². The van der Waals surface area contributed by atoms with Crippen molar-refractivity contribution in [2.24, 2.45) is 0 Å². The van der Waals surface area contributed by atoms with E-state index in [9.17, 15) is 4.79 Å². The molecule has 6 heteroatoms. The molecule has 0 aliphatic heterocycles. The van der Waals surface area contributed by atoms with Crippen LogP contribution >= 0.6 is 0 Å². The van der Waals surface area contributed by atoms with Gasteiger partial charge in [0.05, 0.1) is 14.2 Å². The minimum Gasteiger partial charge on any atom is -0.493 e. The highest BCUT2D eigenvalue weighted by atomic mass is 16.5. The lowest BCUT2D eigenvalue weighted by Gasteiger charge is -2.14. The summed E-state index contributed by atoms with van der Waals surface area (Å²) in [5, 5.41) is 6.04. The Kier molecular flexibility index (Phi) is 6.66. The second-order valence-electron chi connectivity index (χ2n) is 4.46. The van der Waals surface area contributed by atoms with Crippen LogP contribution in [0.2, 0.25) is 0 Å². The van der Waals surface area contributed by atoms with Gasteiger partial charge in [0.2, 0.25) is 0 Å². The number of amides is 2. The van der Waals surface area contributed by atoms with Crippen LogP contribution in [0.4, 0.5) is 4.79 Å². The smallest absolute Gasteiger partial charge is 0.316 e. The number of carbonyl (C=O) groups is 1. The molecule has 0 saturated heterocycles. The van der Waals surface area contributed by atoms with Gasteiger partial charge in [-0.15, -0.1) is 0 Å². The van der Waals surface area contributed by atoms with Gasteiger partial charge in [0.25, 0.3) is 0 Å². The first-order valence-electron chi connectivity index (χ1n) is 6.46. The third kappa shape index (κ3) is 4.62. The maximum Gasteiger partial charge on any atom is 0.316 e. The molecule has 0 saturated carbocycles. The number of carbonyl (C=O) groups excluding carboxylic acids is 1. The van der Waals surface area contributed by atoms with E-state index in [0.717, 1.165) is 11.3 Å². The van der Waals surface area contributed by atoms with Crippen molar-refractivity contribution in [3.63, 3.8) is 0 Å². The van der Waals surface area contributed by atoms with Crippen molar-refractivity contribution in [2.75, 3.05) is 41.4 Å². The van der Waals surface area contributed by atoms with Crippen LogP contribution in [0.15, 0.2) is 18.2 Å². The summed E-state index contributed by atoms with van der Waals surface area (Å²) >= 11 is 0. The average Bonchev–Trinajstić information content (AvgIpc) is 2.45. The van der Waals surface area contributed by atoms with Crippen LogP contribution in [0.25, 0.3) is 0 Å². The van der Waals surface area contributed by atoms with E-state index in [2.05, 4.69) is 10.6 Å². The van der Waals surface area contributed by atoms with Gasteiger partial charge in [0.15, 0.2) is 11.5 Å². The molecule has 20 heavy (non-hydrogen) atoms. The Balaban J connectivity index is 2.41. The first kappa shape index (κ1) is 16.1. The van der Waals surface area contributed by atoms with E-state index in [1.165, 1.54) is 4.90 Å². The lowest BCUT2D eigenvalue weighted by atomic mass is 10.2. The molecule has 0 aliphatic carbocycles. The highest BCUT2D eigenvalue weighted by molar-refractivity contribution is 5.73. The highest BCUT2D eigenvalue weighted by Gasteiger charge is 2.08. The van der Waals surface area contributed by atoms with E-state index >= 15 is 0 Å². The molecule has 0 bridgehead atoms. The highest BCUT2D eigenvalue weighted by Crippen LogP contribution is 2.30. The SMILES string of the molecule is COc1cccc(CNCCNC(=O)N(C)C)c1OC. The minimum atomic E-state index is -0.0919. The molecule has 112 valence electrons. The Morgan fingerprint density at radius 2 is 1.95 bits per heavy atom. The van der Waals surface area contributed by atoms with Crippen molar-refractivity contribution in [1.29, 1.82) is 0 Å². The standard InChI is InChI=1S/C14H23N3O3/c1-17(2)14(18)16-9-8-15-10-11-6-5-7-12(19-3)13(11)20-4/h5-7,15H,8-10H2,1-4H3,(H,16,18). The summed E-state index contributed by atoms with van der Waals surface area (Å²) in [6, 6.07) is 5.67. The zero-order chi connectivity index (χ0) is 15.0. The molecule has 2 amide bonds. The van der Waals surface area contributed by atoms with Crippen molar-refractivity contribution >= 4 is 6.03 Å². The van der Waals surface area contributed by atoms with Crippen LogP contribution < -0.4 is 20.1 Å². The number of urea groups is 1. The third-order valence-corrected chi connectivity index (χ3v) is 2.78. The van der Waals surface area contributed by atoms with Crippen molar-refractivity contribution in [3.05, 3.63) is 23.8 Å². The molecule has 0 heterocycles. The maximum atomic E-state index is 11.3. The Morgan fingerprint density at radius 1 is 1.20 bits per heavy atom. The number of nitrogens with zero attached hydrogens (tertiary/aromatic N) is 1. The monoisotopic (exact) mass is 281 g/mol. The van der Waals surface area contributed by atoms with Crippen LogP contribution in [0.3, 0.4) is 0 Å². The summed E-state index contributed by atoms with van der Waals surface area (Å²) < 4.78 is 10.6. The van der Waals surface area contributed by atoms with Crippen molar-refractivity contribution in [2.45, 2.75) is 6.54 Å². The Morgan fingerprint density at radius 3 is 2.55 bits per heavy atom. The Labute approximate surface area is 120 Å². The molecular formula is C14H23N3O3. The van der Waals surface area contributed by atoms with Gasteiger partial charge in [-0.2, -0.15) is 0 Å². The summed E-state index contributed by atoms with van der Waals surface area (Å²) in [6.07, 6.45) is 0. The van der Waals surface area contributed by atoms with Gasteiger partial charge in [-0.3, -0.25) is 0 Å². The summed E-state index contributed by atoms with van der Waals surface area (Å²) in [5.41, 5.74) is 1.02. The second kappa shape index (κ2) is 8.27. The van der Waals surface area contributed by atoms with Crippen LogP contribution in [0.1, 0.15) is 5.56 Å². The Bertz CT molecular complexity index is 436. The fourth-order valence-corrected chi connectivity index (χ4v) is 1.73. The van der Waals surface area contributed by atoms with Gasteiger partial charge in [-0.05, 0) is 6.07 Å². The average molecular weight is 281 g/mol. The minimum absolute atomic E-state index is 0.0919. The molecule has 0 radical (unpaired) electrons. The topological polar surface area (TPSA) is 62.8 Å². The third-order valence-electron chi connectivity index (χ3n) is 2.78. The largest absolute Gasteiger partial charge is 0.493 e. The van der Waals surface area contributed by atoms with Crippen molar-refractivity contribution in [1.82, 2.24) is 15.5 Å². The van der Waals surface area contributed by atoms with Gasteiger partial charge in [0, 0.05) is 39.3 Å². The van der Waals surface area contributed by atoms with Gasteiger partial charge >= 0.3 is 6.03 Å². The van der Waals surface area contributed by atoms with E-state index in [0.29, 0.717) is 25.4 Å². The normalized spacial score (nSPS) is 10.0. The zero-order valence-electron chi connectivity index (χ0n) is 12.5. The molecule has 0 fully saturated rings. The van der Waals surface area contributed by atoms with Crippen LogP contribution in [-0.4, -0.2) is 52.3 Å². The van der Waals surface area contributed by atoms with E-state index in [1.54, 1.807) is 28.3 Å². The summed E-state index contributed by atoms with van der Waals surface area (Å²) in [4.78, 5) is 12.8. The number of para-hydroxylation sites is 1. The summed E-state index contributed by atoms with van der Waals surface area (Å²) in [5.74, 6) is 1.45. The van der Waals surface area contributed by atoms with Crippen molar-refractivity contribution < 1.29 is 14.3 Å². The molecule has 0 aliphatic rings. The molecule has 6 nitrogen and oxygen atoms in total. The molecular weight excluding hydrogens is 258 g/mol. The predicted octanol–water partition coefficient (Wildman–Crippen LogP) is 1.06. The van der Waals surface area contributed by atoms with Gasteiger partial charge in [-0.1, -0.05) is 12.1 Å². The van der Waals surface area contributed by atoms with Crippen LogP contribution in [0.5, 0.6) is 11.5 Å². The van der Waals surface area contributed by atoms with E-state index in [1.807, 2.05) is 18.2 Å². The number of hydrogen-bond acceptors (Lipinski definition) is 4. The maximum absolute atomic E-state index is 11.3. The molecule has 2 N–H and O–H groups in total. The molecule has 1 rings (SSSR count). The fraction of sp³-hybridized carbons (Fsp3) is 0.500. The first-order chi connectivity index (χ1) is 9.60. The number of ether oxygens (including phenoxy) is 2. The van der Waals surface area contributed by atoms with Gasteiger partial charge < -0.3 is 25.0 Å². The fourth-order valence-electron chi connectivity index (χ4n) is 1.73. The molecule has 0 aromatic heterocycles. The van der Waals surface area contributed by atoms with E-state index < -0.39 is 0 Å². The van der Waals surface area contributed by atoms with E-state index in [-0.39, 0.29) is 6.03 Å². The first-order valence-corrected chi connectivity index (χ1v) is 6.46. The predicted molar refractivity (Wildman–Crippen MR) is 78.3 cm³/mol. The molecule has 1 aromatic rings. The molecule has 0 unspecified atom stereocenters. The number of benzene rings is 1. The van der Waals surface area contributed by atoms with Crippen molar-refractivity contribution in [3.8, 4) is 11.5 Å². The number of hydrogen-bond donors (Lipinski definition) is 2. The summed E-state index contributed by atoms with van der Waals surface area (Å²) in [6.45, 7) is 1.90. The number of nitrogens with one attached hydrogen (secondary N) is 2. The molecule has 0 atom stereocenters. The quantitative estimate of drug-likeness (QED) is 0.734. The number of methoxy groups -OCH3 is 2. The zero-order valence-corrected chi connectivity index (χ0v) is 12.5. The molecule has 1 aromatic carbocycles. The Hall–Kier alpha value is -1.95. The van der Waals surface area contributed by atoms with Gasteiger partial charge in [0.1, 0.15) is 0 Å². The molecule has 0 spiro atoms. The van der Waals surface area contributed by atoms with Crippen LogP contribution in [-0.2, 0) is 6.54 Å². The van der Waals surface area contributed by atoms with Gasteiger partial charge in [-0.25, -0.2) is 4.79 Å². The lowest BCUT2D eigenvalue weighted by molar-refractivity contribution is 0.217. The lowest BCUT2D eigenvalue weighted by Crippen LogP contribution is -2.38. The van der Waals surface area contributed by atoms with Crippen LogP contribution in [0, 0.1) is 0 Å². The second-order valence-corrected chi connectivity index (χ2v) is 4.46.